The summed E-state index contributed by atoms with van der Waals surface area (Å²) < 4.78 is 15.9. The van der Waals surface area contributed by atoms with Crippen molar-refractivity contribution in [2.75, 3.05) is 48.9 Å². The first kappa shape index (κ1) is 18.8. The smallest absolute Gasteiger partial charge is 0.315 e. The molecular weight excluding hydrogens is 405 g/mol. The lowest BCUT2D eigenvalue weighted by molar-refractivity contribution is -0.141. The fourth-order valence-electron chi connectivity index (χ4n) is 1.48. The fraction of sp³-hybridized carbons (Fsp3) is 0.667. The molecule has 0 spiro atoms. The average Bonchev–Trinajstić information content (AvgIpc) is 2.47. The molecule has 0 saturated carbocycles. The van der Waals surface area contributed by atoms with E-state index in [0.717, 1.165) is 6.42 Å². The lowest BCUT2D eigenvalue weighted by Crippen LogP contribution is -2.13. The van der Waals surface area contributed by atoms with Gasteiger partial charge in [-0.2, -0.15) is 15.0 Å². The van der Waals surface area contributed by atoms with Gasteiger partial charge in [0.15, 0.2) is 0 Å². The van der Waals surface area contributed by atoms with Gasteiger partial charge >= 0.3 is 5.97 Å². The van der Waals surface area contributed by atoms with E-state index in [9.17, 15) is 4.79 Å². The highest BCUT2D eigenvalue weighted by Gasteiger charge is 2.02. The molecule has 1 aromatic rings. The van der Waals surface area contributed by atoms with E-state index in [-0.39, 0.29) is 24.5 Å². The van der Waals surface area contributed by atoms with Crippen LogP contribution in [0.25, 0.3) is 0 Å². The van der Waals surface area contributed by atoms with Crippen LogP contribution in [-0.2, 0) is 25.4 Å². The summed E-state index contributed by atoms with van der Waals surface area (Å²) >= 11 is 1.95. The zero-order valence-corrected chi connectivity index (χ0v) is 14.3. The van der Waals surface area contributed by atoms with Crippen molar-refractivity contribution in [1.82, 2.24) is 15.0 Å². The minimum Gasteiger partial charge on any atom is -0.463 e. The van der Waals surface area contributed by atoms with Crippen molar-refractivity contribution >= 4 is 40.5 Å². The average molecular weight is 425 g/mol. The van der Waals surface area contributed by atoms with Crippen molar-refractivity contribution in [3.05, 3.63) is 5.82 Å². The van der Waals surface area contributed by atoms with E-state index < -0.39 is 0 Å². The number of carbonyl (C=O) groups excluding carboxylic acids is 1. The minimum atomic E-state index is -0.236. The van der Waals surface area contributed by atoms with Gasteiger partial charge in [-0.05, 0) is 6.42 Å². The van der Waals surface area contributed by atoms with E-state index in [1.165, 1.54) is 0 Å². The van der Waals surface area contributed by atoms with Gasteiger partial charge in [0, 0.05) is 13.0 Å². The lowest BCUT2D eigenvalue weighted by atomic mass is 10.3. The van der Waals surface area contributed by atoms with Crippen LogP contribution in [0.2, 0.25) is 0 Å². The molecule has 22 heavy (non-hydrogen) atoms. The Balaban J connectivity index is 1.94. The fourth-order valence-corrected chi connectivity index (χ4v) is 1.70. The summed E-state index contributed by atoms with van der Waals surface area (Å²) in [5, 5.41) is 0. The molecular formula is C12H20IN5O4. The highest BCUT2D eigenvalue weighted by atomic mass is 127. The Hall–Kier alpha value is -1.27. The summed E-state index contributed by atoms with van der Waals surface area (Å²) in [5.74, 6) is 0.571. The van der Waals surface area contributed by atoms with E-state index in [1.807, 2.05) is 22.6 Å². The molecule has 0 bridgehead atoms. The number of nitrogens with two attached hydrogens (primary N) is 2. The molecule has 0 fully saturated rings. The molecule has 0 aliphatic rings. The maximum atomic E-state index is 10.8. The number of carbonyl (C=O) groups is 1. The number of aryl methyl sites for hydroxylation is 1. The zero-order chi connectivity index (χ0) is 16.2. The first-order valence-corrected chi connectivity index (χ1v) is 8.27. The number of rotatable bonds is 11. The normalized spacial score (nSPS) is 10.6. The van der Waals surface area contributed by atoms with E-state index in [0.29, 0.717) is 43.1 Å². The summed E-state index contributed by atoms with van der Waals surface area (Å²) in [6.45, 7) is 2.12. The SMILES string of the molecule is Nc1nc(N)nc(CCCOCCOCCOC(=O)CI)n1. The molecule has 0 unspecified atom stereocenters. The number of ether oxygens (including phenoxy) is 3. The first-order chi connectivity index (χ1) is 10.6. The molecule has 1 rings (SSSR count). The van der Waals surface area contributed by atoms with Crippen LogP contribution in [0.3, 0.4) is 0 Å². The van der Waals surface area contributed by atoms with Crippen molar-refractivity contribution in [2.24, 2.45) is 0 Å². The van der Waals surface area contributed by atoms with Crippen LogP contribution in [0.5, 0.6) is 0 Å². The van der Waals surface area contributed by atoms with Gasteiger partial charge < -0.3 is 25.7 Å². The van der Waals surface area contributed by atoms with Gasteiger partial charge in [0.05, 0.1) is 24.2 Å². The molecule has 0 radical (unpaired) electrons. The molecule has 10 heteroatoms. The molecule has 0 saturated heterocycles. The number of hydrogen-bond donors (Lipinski definition) is 2. The number of halogens is 1. The number of hydrogen-bond acceptors (Lipinski definition) is 9. The molecule has 124 valence electrons. The number of aromatic nitrogens is 3. The van der Waals surface area contributed by atoms with Gasteiger partial charge in [0.1, 0.15) is 12.4 Å². The van der Waals surface area contributed by atoms with Crippen LogP contribution >= 0.6 is 22.6 Å². The van der Waals surface area contributed by atoms with Crippen LogP contribution in [-0.4, -0.2) is 58.4 Å². The Kier molecular flexibility index (Phi) is 9.66. The van der Waals surface area contributed by atoms with Crippen LogP contribution in [0.4, 0.5) is 11.9 Å². The van der Waals surface area contributed by atoms with Crippen molar-refractivity contribution in [3.8, 4) is 0 Å². The molecule has 0 aliphatic carbocycles. The summed E-state index contributed by atoms with van der Waals surface area (Å²) in [6, 6.07) is 0. The first-order valence-electron chi connectivity index (χ1n) is 6.74. The number of alkyl halides is 1. The number of nitrogens with zero attached hydrogens (tertiary/aromatic N) is 3. The van der Waals surface area contributed by atoms with E-state index in [1.54, 1.807) is 0 Å². The van der Waals surface area contributed by atoms with Gasteiger partial charge in [-0.1, -0.05) is 22.6 Å². The standard InChI is InChI=1S/C12H20IN5O4/c13-8-10(19)22-7-6-21-5-4-20-3-1-2-9-16-11(14)18-12(15)17-9/h1-8H2,(H4,14,15,16,17,18). The van der Waals surface area contributed by atoms with Gasteiger partial charge in [-0.3, -0.25) is 4.79 Å². The van der Waals surface area contributed by atoms with Crippen LogP contribution in [0.1, 0.15) is 12.2 Å². The Morgan fingerprint density at radius 1 is 0.955 bits per heavy atom. The largest absolute Gasteiger partial charge is 0.463 e. The van der Waals surface area contributed by atoms with Crippen LogP contribution in [0, 0.1) is 0 Å². The Labute approximate surface area is 142 Å². The zero-order valence-electron chi connectivity index (χ0n) is 12.2. The second-order valence-electron chi connectivity index (χ2n) is 4.15. The Bertz CT molecular complexity index is 443. The topological polar surface area (TPSA) is 135 Å². The molecule has 9 nitrogen and oxygen atoms in total. The molecule has 4 N–H and O–H groups in total. The molecule has 0 aliphatic heterocycles. The third-order valence-corrected chi connectivity index (χ3v) is 3.00. The van der Waals surface area contributed by atoms with Crippen molar-refractivity contribution in [1.29, 1.82) is 0 Å². The summed E-state index contributed by atoms with van der Waals surface area (Å²) in [4.78, 5) is 22.5. The van der Waals surface area contributed by atoms with Crippen molar-refractivity contribution in [3.63, 3.8) is 0 Å². The van der Waals surface area contributed by atoms with E-state index >= 15 is 0 Å². The van der Waals surface area contributed by atoms with Crippen molar-refractivity contribution < 1.29 is 19.0 Å². The maximum Gasteiger partial charge on any atom is 0.315 e. The second kappa shape index (κ2) is 11.3. The van der Waals surface area contributed by atoms with Gasteiger partial charge in [0.25, 0.3) is 0 Å². The number of esters is 1. The maximum absolute atomic E-state index is 10.8. The third-order valence-electron chi connectivity index (χ3n) is 2.38. The molecule has 0 atom stereocenters. The third kappa shape index (κ3) is 8.89. The Morgan fingerprint density at radius 3 is 2.18 bits per heavy atom. The molecule has 1 heterocycles. The predicted octanol–water partition coefficient (Wildman–Crippen LogP) is -0.0200. The van der Waals surface area contributed by atoms with E-state index in [2.05, 4.69) is 15.0 Å². The van der Waals surface area contributed by atoms with E-state index in [4.69, 9.17) is 25.7 Å². The quantitative estimate of drug-likeness (QED) is 0.217. The predicted molar refractivity (Wildman–Crippen MR) is 88.5 cm³/mol. The summed E-state index contributed by atoms with van der Waals surface area (Å²) in [5.41, 5.74) is 11.0. The second-order valence-corrected chi connectivity index (χ2v) is 4.91. The van der Waals surface area contributed by atoms with Gasteiger partial charge in [0.2, 0.25) is 11.9 Å². The van der Waals surface area contributed by atoms with Crippen LogP contribution in [0.15, 0.2) is 0 Å². The molecule has 0 aromatic carbocycles. The van der Waals surface area contributed by atoms with Gasteiger partial charge in [-0.15, -0.1) is 0 Å². The number of anilines is 2. The summed E-state index contributed by atoms with van der Waals surface area (Å²) in [6.07, 6.45) is 1.36. The molecule has 0 amide bonds. The monoisotopic (exact) mass is 425 g/mol. The lowest BCUT2D eigenvalue weighted by Gasteiger charge is -2.06. The highest BCUT2D eigenvalue weighted by Crippen LogP contribution is 2.01. The number of nitrogen functional groups attached to an aromatic ring is 2. The Morgan fingerprint density at radius 2 is 1.55 bits per heavy atom. The van der Waals surface area contributed by atoms with Gasteiger partial charge in [-0.25, -0.2) is 0 Å². The van der Waals surface area contributed by atoms with Crippen molar-refractivity contribution in [2.45, 2.75) is 12.8 Å². The van der Waals surface area contributed by atoms with Crippen LogP contribution < -0.4 is 11.5 Å². The minimum absolute atomic E-state index is 0.125. The summed E-state index contributed by atoms with van der Waals surface area (Å²) in [7, 11) is 0. The molecule has 1 aromatic heterocycles. The highest BCUT2D eigenvalue weighted by molar-refractivity contribution is 14.1.